The van der Waals surface area contributed by atoms with Crippen LogP contribution in [-0.4, -0.2) is 11.7 Å². The highest BCUT2D eigenvalue weighted by molar-refractivity contribution is 6.30. The van der Waals surface area contributed by atoms with Crippen molar-refractivity contribution in [1.29, 1.82) is 0 Å². The lowest BCUT2D eigenvalue weighted by atomic mass is 9.85. The summed E-state index contributed by atoms with van der Waals surface area (Å²) < 4.78 is 26.8. The third kappa shape index (κ3) is 2.68. The molecule has 2 aromatic carbocycles. The Labute approximate surface area is 134 Å². The first-order chi connectivity index (χ1) is 10.9. The number of rotatable bonds is 2. The molecule has 1 aliphatic heterocycles. The fraction of sp³-hybridized carbons (Fsp3) is 0.118. The second-order valence-corrected chi connectivity index (χ2v) is 5.63. The van der Waals surface area contributed by atoms with Crippen LogP contribution in [0.3, 0.4) is 0 Å². The molecule has 0 spiro atoms. The predicted molar refractivity (Wildman–Crippen MR) is 80.3 cm³/mol. The van der Waals surface area contributed by atoms with E-state index in [-0.39, 0.29) is 11.1 Å². The maximum absolute atomic E-state index is 13.6. The van der Waals surface area contributed by atoms with Gasteiger partial charge in [0.15, 0.2) is 11.6 Å². The van der Waals surface area contributed by atoms with E-state index in [1.807, 2.05) is 0 Å². The van der Waals surface area contributed by atoms with Crippen molar-refractivity contribution in [3.63, 3.8) is 0 Å². The van der Waals surface area contributed by atoms with Gasteiger partial charge in [-0.3, -0.25) is 9.59 Å². The van der Waals surface area contributed by atoms with Crippen molar-refractivity contribution in [3.05, 3.63) is 69.2 Å². The van der Waals surface area contributed by atoms with Gasteiger partial charge in [-0.1, -0.05) is 17.7 Å². The smallest absolute Gasteiger partial charge is 0.261 e. The quantitative estimate of drug-likeness (QED) is 0.791. The largest absolute Gasteiger partial charge is 0.299 e. The van der Waals surface area contributed by atoms with Crippen molar-refractivity contribution in [2.75, 3.05) is 0 Å². The second kappa shape index (κ2) is 5.66. The number of nitrogens with zero attached hydrogens (tertiary/aromatic N) is 1. The van der Waals surface area contributed by atoms with Crippen LogP contribution in [0.1, 0.15) is 12.5 Å². The van der Waals surface area contributed by atoms with E-state index in [0.29, 0.717) is 15.6 Å². The van der Waals surface area contributed by atoms with Crippen LogP contribution < -0.4 is 10.6 Å². The Bertz CT molecular complexity index is 969. The number of ketones is 1. The summed E-state index contributed by atoms with van der Waals surface area (Å²) in [4.78, 5) is 28.0. The molecule has 0 aliphatic carbocycles. The Morgan fingerprint density at radius 1 is 1.13 bits per heavy atom. The number of halogens is 3. The van der Waals surface area contributed by atoms with E-state index in [4.69, 9.17) is 11.6 Å². The van der Waals surface area contributed by atoms with Gasteiger partial charge in [0, 0.05) is 10.2 Å². The highest BCUT2D eigenvalue weighted by atomic mass is 35.5. The van der Waals surface area contributed by atoms with Crippen molar-refractivity contribution in [3.8, 4) is 0 Å². The molecule has 0 fully saturated rings. The molecule has 6 heteroatoms. The highest BCUT2D eigenvalue weighted by Gasteiger charge is 2.32. The monoisotopic (exact) mass is 333 g/mol. The van der Waals surface area contributed by atoms with Gasteiger partial charge in [0.2, 0.25) is 0 Å². The van der Waals surface area contributed by atoms with Gasteiger partial charge in [0.05, 0.1) is 5.36 Å². The minimum atomic E-state index is -1.16. The Kier molecular flexibility index (Phi) is 3.82. The van der Waals surface area contributed by atoms with Crippen molar-refractivity contribution in [2.45, 2.75) is 6.92 Å². The normalized spacial score (nSPS) is 16.8. The molecule has 116 valence electrons. The maximum atomic E-state index is 13.6. The van der Waals surface area contributed by atoms with Gasteiger partial charge >= 0.3 is 0 Å². The zero-order chi connectivity index (χ0) is 16.7. The number of amides is 1. The molecule has 0 aromatic heterocycles. The molecule has 2 aromatic rings. The van der Waals surface area contributed by atoms with Gasteiger partial charge in [0.1, 0.15) is 11.7 Å². The third-order valence-electron chi connectivity index (χ3n) is 3.65. The molecule has 1 atom stereocenters. The van der Waals surface area contributed by atoms with E-state index in [1.165, 1.54) is 13.0 Å². The fourth-order valence-electron chi connectivity index (χ4n) is 2.65. The van der Waals surface area contributed by atoms with Crippen LogP contribution in [0.15, 0.2) is 41.4 Å². The summed E-state index contributed by atoms with van der Waals surface area (Å²) in [6.45, 7) is 1.26. The molecule has 23 heavy (non-hydrogen) atoms. The average Bonchev–Trinajstić information content (AvgIpc) is 2.49. The van der Waals surface area contributed by atoms with Crippen LogP contribution in [0, 0.1) is 17.6 Å². The molecular formula is C17H10ClF2NO2. The second-order valence-electron chi connectivity index (χ2n) is 5.20. The number of carbonyl (C=O) groups is 2. The molecule has 0 saturated carbocycles. The SMILES string of the molecule is CC(=O)[C@@H]1C(=O)N=c2ccc(Cl)cc2=C1c1ccc(F)c(F)c1. The predicted octanol–water partition coefficient (Wildman–Crippen LogP) is 2.18. The lowest BCUT2D eigenvalue weighted by Crippen LogP contribution is -2.40. The lowest BCUT2D eigenvalue weighted by Gasteiger charge is -2.19. The zero-order valence-corrected chi connectivity index (χ0v) is 12.7. The summed E-state index contributed by atoms with van der Waals surface area (Å²) in [6.07, 6.45) is 0. The Hall–Kier alpha value is -2.40. The Balaban J connectivity index is 2.44. The van der Waals surface area contributed by atoms with Gasteiger partial charge in [-0.05, 0) is 48.4 Å². The van der Waals surface area contributed by atoms with E-state index < -0.39 is 29.2 Å². The van der Waals surface area contributed by atoms with Crippen molar-refractivity contribution >= 4 is 28.9 Å². The number of carbonyl (C=O) groups excluding carboxylic acids is 2. The van der Waals surface area contributed by atoms with Crippen LogP contribution >= 0.6 is 11.6 Å². The maximum Gasteiger partial charge on any atom is 0.261 e. The summed E-state index contributed by atoms with van der Waals surface area (Å²) in [5.41, 5.74) is 0.532. The van der Waals surface area contributed by atoms with Gasteiger partial charge in [-0.25, -0.2) is 13.8 Å². The Morgan fingerprint density at radius 2 is 1.87 bits per heavy atom. The average molecular weight is 334 g/mol. The molecule has 3 rings (SSSR count). The van der Waals surface area contributed by atoms with E-state index in [1.54, 1.807) is 18.2 Å². The molecular weight excluding hydrogens is 324 g/mol. The first-order valence-corrected chi connectivity index (χ1v) is 7.14. The Morgan fingerprint density at radius 3 is 2.52 bits per heavy atom. The fourth-order valence-corrected chi connectivity index (χ4v) is 2.82. The van der Waals surface area contributed by atoms with Crippen LogP contribution in [0.25, 0.3) is 5.57 Å². The third-order valence-corrected chi connectivity index (χ3v) is 3.89. The minimum absolute atomic E-state index is 0.246. The van der Waals surface area contributed by atoms with Gasteiger partial charge < -0.3 is 0 Å². The van der Waals surface area contributed by atoms with Crippen LogP contribution in [0.2, 0.25) is 5.02 Å². The standard InChI is InChI=1S/C17H10ClF2NO2/c1-8(22)15-16(9-2-4-12(19)13(20)6-9)11-7-10(18)3-5-14(11)21-17(15)23/h2-7,15H,1H3/t15-/m0/s1. The zero-order valence-electron chi connectivity index (χ0n) is 11.9. The van der Waals surface area contributed by atoms with Gasteiger partial charge in [0.25, 0.3) is 5.91 Å². The number of benzene rings is 2. The molecule has 1 amide bonds. The summed E-state index contributed by atoms with van der Waals surface area (Å²) >= 11 is 5.99. The first kappa shape index (κ1) is 15.5. The van der Waals surface area contributed by atoms with E-state index in [2.05, 4.69) is 4.99 Å². The summed E-state index contributed by atoms with van der Waals surface area (Å²) in [7, 11) is 0. The van der Waals surface area contributed by atoms with Crippen molar-refractivity contribution < 1.29 is 18.4 Å². The number of Topliss-reactive ketones (excluding diaryl/α,β-unsaturated/α-hetero) is 1. The molecule has 0 N–H and O–H groups in total. The van der Waals surface area contributed by atoms with Crippen LogP contribution in [0.4, 0.5) is 8.78 Å². The number of fused-ring (bicyclic) bond motifs is 1. The van der Waals surface area contributed by atoms with Crippen molar-refractivity contribution in [1.82, 2.24) is 0 Å². The molecule has 0 unspecified atom stereocenters. The molecule has 0 saturated heterocycles. The van der Waals surface area contributed by atoms with Gasteiger partial charge in [-0.15, -0.1) is 0 Å². The number of hydrogen-bond acceptors (Lipinski definition) is 2. The minimum Gasteiger partial charge on any atom is -0.299 e. The molecule has 3 nitrogen and oxygen atoms in total. The topological polar surface area (TPSA) is 46.5 Å². The molecule has 1 heterocycles. The summed E-state index contributed by atoms with van der Waals surface area (Å²) in [6, 6.07) is 7.91. The first-order valence-electron chi connectivity index (χ1n) is 6.76. The van der Waals surface area contributed by atoms with E-state index in [0.717, 1.165) is 12.1 Å². The van der Waals surface area contributed by atoms with Gasteiger partial charge in [-0.2, -0.15) is 0 Å². The van der Waals surface area contributed by atoms with Crippen LogP contribution in [-0.2, 0) is 9.59 Å². The highest BCUT2D eigenvalue weighted by Crippen LogP contribution is 2.26. The van der Waals surface area contributed by atoms with Crippen LogP contribution in [0.5, 0.6) is 0 Å². The summed E-state index contributed by atoms with van der Waals surface area (Å²) in [5, 5.41) is 1.19. The van der Waals surface area contributed by atoms with E-state index >= 15 is 0 Å². The molecule has 1 aliphatic rings. The molecule has 0 radical (unpaired) electrons. The van der Waals surface area contributed by atoms with E-state index in [9.17, 15) is 18.4 Å². The molecule has 0 bridgehead atoms. The summed E-state index contributed by atoms with van der Waals surface area (Å²) in [5.74, 6) is -4.29. The number of hydrogen-bond donors (Lipinski definition) is 0. The lowest BCUT2D eigenvalue weighted by molar-refractivity contribution is -0.128. The van der Waals surface area contributed by atoms with Crippen molar-refractivity contribution in [2.24, 2.45) is 10.9 Å².